The van der Waals surface area contributed by atoms with Gasteiger partial charge in [0, 0.05) is 9.75 Å². The molecule has 0 bridgehead atoms. The Hall–Kier alpha value is -2.64. The van der Waals surface area contributed by atoms with Crippen LogP contribution in [0.25, 0.3) is 33.5 Å². The molecule has 132 valence electrons. The van der Waals surface area contributed by atoms with Crippen LogP contribution in [0.15, 0.2) is 72.8 Å². The standard InChI is InChI=1S/C26H22S/c1-2-7-21-14-15-26(27-21)20-16-19-10-6-13-24(25(19)17-20)23-12-5-9-18-8-3-4-11-22(18)23/h3-6,8-15,17H,2,7,16H2,1H3. The van der Waals surface area contributed by atoms with Crippen molar-refractivity contribution in [2.24, 2.45) is 0 Å². The van der Waals surface area contributed by atoms with Gasteiger partial charge in [-0.25, -0.2) is 0 Å². The summed E-state index contributed by atoms with van der Waals surface area (Å²) in [5.74, 6) is 0. The van der Waals surface area contributed by atoms with Crippen LogP contribution in [0.4, 0.5) is 0 Å². The highest BCUT2D eigenvalue weighted by atomic mass is 32.1. The molecule has 0 aliphatic heterocycles. The van der Waals surface area contributed by atoms with Gasteiger partial charge in [-0.2, -0.15) is 0 Å². The first-order valence-corrected chi connectivity index (χ1v) is 10.5. The maximum atomic E-state index is 2.42. The van der Waals surface area contributed by atoms with Crippen molar-refractivity contribution in [1.82, 2.24) is 0 Å². The molecule has 1 heterocycles. The van der Waals surface area contributed by atoms with Gasteiger partial charge in [0.1, 0.15) is 0 Å². The minimum absolute atomic E-state index is 1.04. The van der Waals surface area contributed by atoms with E-state index in [0.717, 1.165) is 6.42 Å². The third-order valence-electron chi connectivity index (χ3n) is 5.45. The van der Waals surface area contributed by atoms with Crippen LogP contribution in [0.3, 0.4) is 0 Å². The predicted octanol–water partition coefficient (Wildman–Crippen LogP) is 7.62. The zero-order valence-corrected chi connectivity index (χ0v) is 16.4. The fraction of sp³-hybridized carbons (Fsp3) is 0.154. The van der Waals surface area contributed by atoms with Crippen LogP contribution in [-0.2, 0) is 12.8 Å². The van der Waals surface area contributed by atoms with E-state index < -0.39 is 0 Å². The van der Waals surface area contributed by atoms with Crippen LogP contribution in [0.1, 0.15) is 34.2 Å². The highest BCUT2D eigenvalue weighted by Gasteiger charge is 2.19. The molecule has 5 rings (SSSR count). The Labute approximate surface area is 164 Å². The molecule has 1 heteroatoms. The number of allylic oxidation sites excluding steroid dienone is 1. The number of rotatable bonds is 4. The summed E-state index contributed by atoms with van der Waals surface area (Å²) < 4.78 is 0. The number of hydrogen-bond acceptors (Lipinski definition) is 1. The molecule has 0 fully saturated rings. The van der Waals surface area contributed by atoms with E-state index in [1.165, 1.54) is 61.2 Å². The van der Waals surface area contributed by atoms with E-state index in [-0.39, 0.29) is 0 Å². The van der Waals surface area contributed by atoms with Gasteiger partial charge < -0.3 is 0 Å². The minimum atomic E-state index is 1.04. The Morgan fingerprint density at radius 3 is 2.56 bits per heavy atom. The number of hydrogen-bond donors (Lipinski definition) is 0. The van der Waals surface area contributed by atoms with Crippen molar-refractivity contribution in [2.45, 2.75) is 26.2 Å². The van der Waals surface area contributed by atoms with Crippen molar-refractivity contribution < 1.29 is 0 Å². The first-order valence-electron chi connectivity index (χ1n) is 9.73. The van der Waals surface area contributed by atoms with E-state index in [1.54, 1.807) is 0 Å². The maximum Gasteiger partial charge on any atom is 0.0308 e. The quantitative estimate of drug-likeness (QED) is 0.348. The van der Waals surface area contributed by atoms with E-state index >= 15 is 0 Å². The molecule has 0 saturated carbocycles. The highest BCUT2D eigenvalue weighted by Crippen LogP contribution is 2.41. The largest absolute Gasteiger partial charge is 0.141 e. The average molecular weight is 367 g/mol. The third kappa shape index (κ3) is 2.93. The molecule has 1 aliphatic rings. The summed E-state index contributed by atoms with van der Waals surface area (Å²) in [6.45, 7) is 2.25. The maximum absolute atomic E-state index is 2.42. The van der Waals surface area contributed by atoms with Gasteiger partial charge >= 0.3 is 0 Å². The van der Waals surface area contributed by atoms with Crippen LogP contribution in [-0.4, -0.2) is 0 Å². The van der Waals surface area contributed by atoms with Gasteiger partial charge in [-0.15, -0.1) is 11.3 Å². The first-order chi connectivity index (χ1) is 13.3. The molecule has 4 aromatic rings. The molecule has 3 aromatic carbocycles. The molecule has 0 amide bonds. The van der Waals surface area contributed by atoms with Gasteiger partial charge in [0.15, 0.2) is 0 Å². The second kappa shape index (κ2) is 6.83. The molecular weight excluding hydrogens is 344 g/mol. The van der Waals surface area contributed by atoms with E-state index in [9.17, 15) is 0 Å². The van der Waals surface area contributed by atoms with Crippen LogP contribution in [0.5, 0.6) is 0 Å². The van der Waals surface area contributed by atoms with E-state index in [0.29, 0.717) is 0 Å². The summed E-state index contributed by atoms with van der Waals surface area (Å²) in [6, 6.07) is 26.7. The van der Waals surface area contributed by atoms with Crippen molar-refractivity contribution in [3.63, 3.8) is 0 Å². The number of fused-ring (bicyclic) bond motifs is 2. The minimum Gasteiger partial charge on any atom is -0.141 e. The van der Waals surface area contributed by atoms with Gasteiger partial charge in [-0.1, -0.05) is 74.0 Å². The lowest BCUT2D eigenvalue weighted by atomic mass is 9.93. The molecule has 0 N–H and O–H groups in total. The summed E-state index contributed by atoms with van der Waals surface area (Å²) >= 11 is 1.96. The molecule has 1 aromatic heterocycles. The van der Waals surface area contributed by atoms with Crippen LogP contribution >= 0.6 is 11.3 Å². The molecule has 1 aliphatic carbocycles. The third-order valence-corrected chi connectivity index (χ3v) is 6.67. The first kappa shape index (κ1) is 16.5. The van der Waals surface area contributed by atoms with Gasteiger partial charge in [-0.3, -0.25) is 0 Å². The summed E-state index contributed by atoms with van der Waals surface area (Å²) in [4.78, 5) is 2.93. The average Bonchev–Trinajstić information content (AvgIpc) is 3.34. The molecule has 0 spiro atoms. The van der Waals surface area contributed by atoms with Gasteiger partial charge in [0.25, 0.3) is 0 Å². The normalized spacial score (nSPS) is 13.0. The molecule has 27 heavy (non-hydrogen) atoms. The Morgan fingerprint density at radius 2 is 1.63 bits per heavy atom. The predicted molar refractivity (Wildman–Crippen MR) is 119 cm³/mol. The fourth-order valence-corrected chi connectivity index (χ4v) is 5.28. The Kier molecular flexibility index (Phi) is 4.18. The second-order valence-electron chi connectivity index (χ2n) is 7.27. The van der Waals surface area contributed by atoms with E-state index in [2.05, 4.69) is 85.8 Å². The van der Waals surface area contributed by atoms with Gasteiger partial charge in [0.2, 0.25) is 0 Å². The van der Waals surface area contributed by atoms with E-state index in [4.69, 9.17) is 0 Å². The Bertz CT molecular complexity index is 1150. The molecular formula is C26H22S. The van der Waals surface area contributed by atoms with Crippen molar-refractivity contribution in [2.75, 3.05) is 0 Å². The molecule has 0 saturated heterocycles. The van der Waals surface area contributed by atoms with Crippen LogP contribution in [0, 0.1) is 0 Å². The molecule has 0 atom stereocenters. The monoisotopic (exact) mass is 366 g/mol. The zero-order valence-electron chi connectivity index (χ0n) is 15.5. The molecule has 0 radical (unpaired) electrons. The topological polar surface area (TPSA) is 0 Å². The number of benzene rings is 3. The highest BCUT2D eigenvalue weighted by molar-refractivity contribution is 7.13. The lowest BCUT2D eigenvalue weighted by Crippen LogP contribution is -1.88. The second-order valence-corrected chi connectivity index (χ2v) is 8.44. The fourth-order valence-electron chi connectivity index (χ4n) is 4.15. The lowest BCUT2D eigenvalue weighted by Gasteiger charge is -2.11. The smallest absolute Gasteiger partial charge is 0.0308 e. The molecule has 0 nitrogen and oxygen atoms in total. The van der Waals surface area contributed by atoms with Gasteiger partial charge in [-0.05, 0) is 69.6 Å². The SMILES string of the molecule is CCCc1ccc(C2=Cc3c(cccc3-c3cccc4ccccc34)C2)s1. The summed E-state index contributed by atoms with van der Waals surface area (Å²) in [6.07, 6.45) is 5.87. The summed E-state index contributed by atoms with van der Waals surface area (Å²) in [5, 5.41) is 2.63. The summed E-state index contributed by atoms with van der Waals surface area (Å²) in [5.41, 5.74) is 6.99. The Balaban J connectivity index is 1.62. The van der Waals surface area contributed by atoms with E-state index in [1.807, 2.05) is 11.3 Å². The summed E-state index contributed by atoms with van der Waals surface area (Å²) in [7, 11) is 0. The number of thiophene rings is 1. The number of aryl methyl sites for hydroxylation is 1. The molecule has 0 unspecified atom stereocenters. The Morgan fingerprint density at radius 1 is 0.815 bits per heavy atom. The van der Waals surface area contributed by atoms with Crippen LogP contribution in [0.2, 0.25) is 0 Å². The lowest BCUT2D eigenvalue weighted by molar-refractivity contribution is 0.940. The van der Waals surface area contributed by atoms with Crippen molar-refractivity contribution in [3.8, 4) is 11.1 Å². The zero-order chi connectivity index (χ0) is 18.2. The van der Waals surface area contributed by atoms with Crippen LogP contribution < -0.4 is 0 Å². The van der Waals surface area contributed by atoms with Crippen molar-refractivity contribution in [3.05, 3.63) is 93.7 Å². The van der Waals surface area contributed by atoms with Crippen molar-refractivity contribution >= 4 is 33.8 Å². The van der Waals surface area contributed by atoms with Gasteiger partial charge in [0.05, 0.1) is 0 Å². The van der Waals surface area contributed by atoms with Crippen molar-refractivity contribution in [1.29, 1.82) is 0 Å².